The molecule has 0 bridgehead atoms. The predicted molar refractivity (Wildman–Crippen MR) is 111 cm³/mol. The van der Waals surface area contributed by atoms with Crippen molar-refractivity contribution < 1.29 is 13.9 Å². The molecule has 0 aliphatic heterocycles. The Morgan fingerprint density at radius 2 is 1.68 bits per heavy atom. The SMILES string of the molecule is CCNC(=NCc1cccc(COCCOCC)c1)NCc1ccc(F)cc1. The van der Waals surface area contributed by atoms with Gasteiger partial charge in [0.25, 0.3) is 0 Å². The highest BCUT2D eigenvalue weighted by molar-refractivity contribution is 5.79. The van der Waals surface area contributed by atoms with Gasteiger partial charge in [-0.3, -0.25) is 0 Å². The molecule has 28 heavy (non-hydrogen) atoms. The lowest BCUT2D eigenvalue weighted by Crippen LogP contribution is -2.36. The second kappa shape index (κ2) is 12.9. The topological polar surface area (TPSA) is 54.9 Å². The molecular formula is C22H30FN3O2. The molecule has 0 saturated heterocycles. The van der Waals surface area contributed by atoms with Crippen molar-refractivity contribution in [1.82, 2.24) is 10.6 Å². The molecule has 152 valence electrons. The van der Waals surface area contributed by atoms with Crippen LogP contribution in [0.1, 0.15) is 30.5 Å². The van der Waals surface area contributed by atoms with Crippen LogP contribution in [0, 0.1) is 5.82 Å². The smallest absolute Gasteiger partial charge is 0.191 e. The minimum Gasteiger partial charge on any atom is -0.379 e. The van der Waals surface area contributed by atoms with Gasteiger partial charge in [0.1, 0.15) is 5.82 Å². The maximum Gasteiger partial charge on any atom is 0.191 e. The van der Waals surface area contributed by atoms with Gasteiger partial charge in [-0.05, 0) is 42.7 Å². The molecule has 0 amide bonds. The van der Waals surface area contributed by atoms with E-state index in [9.17, 15) is 4.39 Å². The first kappa shape index (κ1) is 21.9. The molecule has 6 heteroatoms. The molecule has 0 radical (unpaired) electrons. The number of nitrogens with zero attached hydrogens (tertiary/aromatic N) is 1. The third-order valence-electron chi connectivity index (χ3n) is 3.97. The summed E-state index contributed by atoms with van der Waals surface area (Å²) < 4.78 is 23.9. The lowest BCUT2D eigenvalue weighted by atomic mass is 10.1. The molecule has 0 aliphatic carbocycles. The van der Waals surface area contributed by atoms with Crippen molar-refractivity contribution in [2.75, 3.05) is 26.4 Å². The summed E-state index contributed by atoms with van der Waals surface area (Å²) in [6.07, 6.45) is 0. The highest BCUT2D eigenvalue weighted by Gasteiger charge is 2.01. The minimum absolute atomic E-state index is 0.230. The molecule has 2 aromatic carbocycles. The van der Waals surface area contributed by atoms with E-state index in [4.69, 9.17) is 9.47 Å². The average molecular weight is 387 g/mol. The first-order chi connectivity index (χ1) is 13.7. The van der Waals surface area contributed by atoms with Crippen molar-refractivity contribution in [3.8, 4) is 0 Å². The summed E-state index contributed by atoms with van der Waals surface area (Å²) >= 11 is 0. The third kappa shape index (κ3) is 8.50. The lowest BCUT2D eigenvalue weighted by Gasteiger charge is -2.12. The van der Waals surface area contributed by atoms with Gasteiger partial charge in [0, 0.05) is 19.7 Å². The molecule has 2 aromatic rings. The van der Waals surface area contributed by atoms with Crippen LogP contribution in [0.2, 0.25) is 0 Å². The van der Waals surface area contributed by atoms with Crippen molar-refractivity contribution in [1.29, 1.82) is 0 Å². The summed E-state index contributed by atoms with van der Waals surface area (Å²) in [5.41, 5.74) is 3.23. The lowest BCUT2D eigenvalue weighted by molar-refractivity contribution is 0.0453. The van der Waals surface area contributed by atoms with Gasteiger partial charge in [-0.15, -0.1) is 0 Å². The molecule has 0 saturated carbocycles. The summed E-state index contributed by atoms with van der Waals surface area (Å²) in [6.45, 7) is 8.39. The van der Waals surface area contributed by atoms with Gasteiger partial charge in [0.15, 0.2) is 5.96 Å². The quantitative estimate of drug-likeness (QED) is 0.351. The van der Waals surface area contributed by atoms with Gasteiger partial charge in [-0.1, -0.05) is 36.4 Å². The Hall–Kier alpha value is -2.44. The van der Waals surface area contributed by atoms with Gasteiger partial charge in [-0.2, -0.15) is 0 Å². The van der Waals surface area contributed by atoms with Crippen LogP contribution in [0.5, 0.6) is 0 Å². The van der Waals surface area contributed by atoms with E-state index < -0.39 is 0 Å². The van der Waals surface area contributed by atoms with Crippen molar-refractivity contribution >= 4 is 5.96 Å². The second-order valence-electron chi connectivity index (χ2n) is 6.24. The second-order valence-corrected chi connectivity index (χ2v) is 6.24. The Morgan fingerprint density at radius 1 is 0.929 bits per heavy atom. The molecule has 0 spiro atoms. The fourth-order valence-corrected chi connectivity index (χ4v) is 2.57. The number of nitrogens with one attached hydrogen (secondary N) is 2. The summed E-state index contributed by atoms with van der Waals surface area (Å²) in [7, 11) is 0. The normalized spacial score (nSPS) is 11.5. The molecule has 2 N–H and O–H groups in total. The van der Waals surface area contributed by atoms with Crippen LogP contribution in [0.4, 0.5) is 4.39 Å². The molecule has 2 rings (SSSR count). The highest BCUT2D eigenvalue weighted by Crippen LogP contribution is 2.08. The third-order valence-corrected chi connectivity index (χ3v) is 3.97. The van der Waals surface area contributed by atoms with Crippen molar-refractivity contribution in [2.45, 2.75) is 33.5 Å². The van der Waals surface area contributed by atoms with E-state index in [-0.39, 0.29) is 5.82 Å². The zero-order valence-electron chi connectivity index (χ0n) is 16.7. The Bertz CT molecular complexity index is 720. The molecule has 0 fully saturated rings. The predicted octanol–water partition coefficient (Wildman–Crippen LogP) is 3.63. The molecular weight excluding hydrogens is 357 g/mol. The Kier molecular flexibility index (Phi) is 10.0. The van der Waals surface area contributed by atoms with Crippen LogP contribution in [-0.4, -0.2) is 32.3 Å². The van der Waals surface area contributed by atoms with Crippen LogP contribution in [0.15, 0.2) is 53.5 Å². The number of hydrogen-bond acceptors (Lipinski definition) is 3. The highest BCUT2D eigenvalue weighted by atomic mass is 19.1. The van der Waals surface area contributed by atoms with Gasteiger partial charge >= 0.3 is 0 Å². The maximum absolute atomic E-state index is 13.0. The number of hydrogen-bond donors (Lipinski definition) is 2. The van der Waals surface area contributed by atoms with E-state index in [0.717, 1.165) is 29.2 Å². The number of halogens is 1. The maximum atomic E-state index is 13.0. The largest absolute Gasteiger partial charge is 0.379 e. The van der Waals surface area contributed by atoms with Crippen LogP contribution >= 0.6 is 0 Å². The zero-order valence-corrected chi connectivity index (χ0v) is 16.7. The van der Waals surface area contributed by atoms with Gasteiger partial charge in [-0.25, -0.2) is 9.38 Å². The van der Waals surface area contributed by atoms with E-state index in [1.807, 2.05) is 26.0 Å². The summed E-state index contributed by atoms with van der Waals surface area (Å²) in [5.74, 6) is 0.497. The van der Waals surface area contributed by atoms with Gasteiger partial charge in [0.2, 0.25) is 0 Å². The van der Waals surface area contributed by atoms with Gasteiger partial charge in [0.05, 0.1) is 26.4 Å². The molecule has 0 atom stereocenters. The van der Waals surface area contributed by atoms with Crippen LogP contribution in [-0.2, 0) is 29.2 Å². The van der Waals surface area contributed by atoms with E-state index in [2.05, 4.69) is 27.8 Å². The van der Waals surface area contributed by atoms with Gasteiger partial charge < -0.3 is 20.1 Å². The molecule has 0 aliphatic rings. The molecule has 5 nitrogen and oxygen atoms in total. The Labute approximate surface area is 167 Å². The summed E-state index contributed by atoms with van der Waals surface area (Å²) in [6, 6.07) is 14.7. The van der Waals surface area contributed by atoms with E-state index in [1.165, 1.54) is 12.1 Å². The van der Waals surface area contributed by atoms with E-state index >= 15 is 0 Å². The van der Waals surface area contributed by atoms with Crippen LogP contribution in [0.3, 0.4) is 0 Å². The fraction of sp³-hybridized carbons (Fsp3) is 0.409. The molecule has 0 heterocycles. The number of rotatable bonds is 11. The van der Waals surface area contributed by atoms with Crippen molar-refractivity contribution in [3.05, 3.63) is 71.0 Å². The summed E-state index contributed by atoms with van der Waals surface area (Å²) in [5, 5.41) is 6.50. The number of ether oxygens (including phenoxy) is 2. The Balaban J connectivity index is 1.87. The molecule has 0 unspecified atom stereocenters. The monoisotopic (exact) mass is 387 g/mol. The zero-order chi connectivity index (χ0) is 20.0. The van der Waals surface area contributed by atoms with Crippen LogP contribution < -0.4 is 10.6 Å². The summed E-state index contributed by atoms with van der Waals surface area (Å²) in [4.78, 5) is 4.64. The average Bonchev–Trinajstić information content (AvgIpc) is 2.71. The standard InChI is InChI=1S/C22H30FN3O2/c1-3-24-22(25-15-18-8-10-21(23)11-9-18)26-16-19-6-5-7-20(14-19)17-28-13-12-27-4-2/h5-11,14H,3-4,12-13,15-17H2,1-2H3,(H2,24,25,26). The van der Waals surface area contributed by atoms with Crippen LogP contribution in [0.25, 0.3) is 0 Å². The molecule has 0 aromatic heterocycles. The number of benzene rings is 2. The minimum atomic E-state index is -0.230. The van der Waals surface area contributed by atoms with Crippen molar-refractivity contribution in [3.63, 3.8) is 0 Å². The first-order valence-corrected chi connectivity index (χ1v) is 9.71. The number of aliphatic imine (C=N–C) groups is 1. The number of guanidine groups is 1. The van der Waals surface area contributed by atoms with Crippen molar-refractivity contribution in [2.24, 2.45) is 4.99 Å². The fourth-order valence-electron chi connectivity index (χ4n) is 2.57. The Morgan fingerprint density at radius 3 is 2.43 bits per heavy atom. The van der Waals surface area contributed by atoms with E-state index in [0.29, 0.717) is 39.5 Å². The first-order valence-electron chi connectivity index (χ1n) is 9.71. The van der Waals surface area contributed by atoms with E-state index in [1.54, 1.807) is 12.1 Å².